The standard InChI is InChI=1S/C18H20ClN3O/c19-15-4-2-6-17(12-15)22-9-7-21(8-10-22)13-18(23)14-3-1-5-16(20)11-14/h1-6,11-12H,7-10,13,20H2. The average Bonchev–Trinajstić information content (AvgIpc) is 2.55. The topological polar surface area (TPSA) is 49.6 Å². The minimum Gasteiger partial charge on any atom is -0.399 e. The van der Waals surface area contributed by atoms with Crippen LogP contribution in [0.5, 0.6) is 0 Å². The first-order chi connectivity index (χ1) is 11.1. The van der Waals surface area contributed by atoms with Crippen molar-refractivity contribution in [2.45, 2.75) is 0 Å². The summed E-state index contributed by atoms with van der Waals surface area (Å²) in [5.41, 5.74) is 8.19. The second-order valence-electron chi connectivity index (χ2n) is 5.79. The van der Waals surface area contributed by atoms with E-state index in [9.17, 15) is 4.79 Å². The smallest absolute Gasteiger partial charge is 0.176 e. The first-order valence-electron chi connectivity index (χ1n) is 7.73. The molecule has 120 valence electrons. The Hall–Kier alpha value is -2.04. The van der Waals surface area contributed by atoms with Gasteiger partial charge in [-0.2, -0.15) is 0 Å². The van der Waals surface area contributed by atoms with Crippen molar-refractivity contribution in [3.63, 3.8) is 0 Å². The second-order valence-corrected chi connectivity index (χ2v) is 6.23. The lowest BCUT2D eigenvalue weighted by Crippen LogP contribution is -2.48. The zero-order chi connectivity index (χ0) is 16.2. The number of hydrogen-bond acceptors (Lipinski definition) is 4. The van der Waals surface area contributed by atoms with Crippen LogP contribution in [0.2, 0.25) is 5.02 Å². The SMILES string of the molecule is Nc1cccc(C(=O)CN2CCN(c3cccc(Cl)c3)CC2)c1. The number of Topliss-reactive ketones (excluding diaryl/α,β-unsaturated/α-hetero) is 1. The van der Waals surface area contributed by atoms with Crippen LogP contribution in [0, 0.1) is 0 Å². The van der Waals surface area contributed by atoms with Crippen molar-refractivity contribution >= 4 is 28.8 Å². The number of piperazine rings is 1. The first-order valence-corrected chi connectivity index (χ1v) is 8.11. The summed E-state index contributed by atoms with van der Waals surface area (Å²) in [4.78, 5) is 16.8. The Morgan fingerprint density at radius 1 is 1.04 bits per heavy atom. The third kappa shape index (κ3) is 4.03. The maximum absolute atomic E-state index is 12.3. The molecule has 2 aromatic rings. The van der Waals surface area contributed by atoms with Crippen LogP contribution in [0.3, 0.4) is 0 Å². The van der Waals surface area contributed by atoms with E-state index in [0.29, 0.717) is 17.8 Å². The summed E-state index contributed by atoms with van der Waals surface area (Å²) < 4.78 is 0. The van der Waals surface area contributed by atoms with Crippen LogP contribution < -0.4 is 10.6 Å². The molecule has 1 fully saturated rings. The molecule has 1 aliphatic rings. The van der Waals surface area contributed by atoms with E-state index in [0.717, 1.165) is 36.9 Å². The Balaban J connectivity index is 1.56. The van der Waals surface area contributed by atoms with E-state index in [2.05, 4.69) is 15.9 Å². The van der Waals surface area contributed by atoms with Crippen molar-refractivity contribution in [1.82, 2.24) is 4.90 Å². The highest BCUT2D eigenvalue weighted by Crippen LogP contribution is 2.21. The van der Waals surface area contributed by atoms with E-state index in [-0.39, 0.29) is 5.78 Å². The molecule has 2 N–H and O–H groups in total. The van der Waals surface area contributed by atoms with Gasteiger partial charge in [0.2, 0.25) is 0 Å². The summed E-state index contributed by atoms with van der Waals surface area (Å²) >= 11 is 6.05. The Labute approximate surface area is 141 Å². The Morgan fingerprint density at radius 3 is 2.48 bits per heavy atom. The molecule has 3 rings (SSSR count). The number of rotatable bonds is 4. The third-order valence-electron chi connectivity index (χ3n) is 4.12. The fraction of sp³-hybridized carbons (Fsp3) is 0.278. The molecule has 0 spiro atoms. The molecule has 1 saturated heterocycles. The molecule has 0 atom stereocenters. The average molecular weight is 330 g/mol. The monoisotopic (exact) mass is 329 g/mol. The first kappa shape index (κ1) is 15.8. The molecule has 0 radical (unpaired) electrons. The minimum atomic E-state index is 0.119. The molecule has 0 unspecified atom stereocenters. The van der Waals surface area contributed by atoms with Crippen LogP contribution in [0.4, 0.5) is 11.4 Å². The second kappa shape index (κ2) is 7.02. The Bertz CT molecular complexity index is 696. The molecule has 0 saturated carbocycles. The predicted octanol–water partition coefficient (Wildman–Crippen LogP) is 2.93. The molecule has 0 bridgehead atoms. The van der Waals surface area contributed by atoms with E-state index in [1.54, 1.807) is 12.1 Å². The van der Waals surface area contributed by atoms with Gasteiger partial charge >= 0.3 is 0 Å². The molecule has 0 amide bonds. The van der Waals surface area contributed by atoms with E-state index in [4.69, 9.17) is 17.3 Å². The van der Waals surface area contributed by atoms with Gasteiger partial charge in [0.25, 0.3) is 0 Å². The van der Waals surface area contributed by atoms with Gasteiger partial charge in [-0.1, -0.05) is 29.8 Å². The number of carbonyl (C=O) groups is 1. The van der Waals surface area contributed by atoms with Gasteiger partial charge in [0.1, 0.15) is 0 Å². The summed E-state index contributed by atoms with van der Waals surface area (Å²) in [5.74, 6) is 0.119. The zero-order valence-electron chi connectivity index (χ0n) is 12.9. The van der Waals surface area contributed by atoms with Gasteiger partial charge in [-0.3, -0.25) is 9.69 Å². The number of halogens is 1. The lowest BCUT2D eigenvalue weighted by Gasteiger charge is -2.35. The van der Waals surface area contributed by atoms with Crippen LogP contribution in [0.25, 0.3) is 0 Å². The van der Waals surface area contributed by atoms with E-state index in [1.165, 1.54) is 0 Å². The largest absolute Gasteiger partial charge is 0.399 e. The molecule has 5 heteroatoms. The number of hydrogen-bond donors (Lipinski definition) is 1. The minimum absolute atomic E-state index is 0.119. The number of nitrogens with two attached hydrogens (primary N) is 1. The van der Waals surface area contributed by atoms with Gasteiger partial charge in [0.05, 0.1) is 6.54 Å². The predicted molar refractivity (Wildman–Crippen MR) is 95.3 cm³/mol. The lowest BCUT2D eigenvalue weighted by molar-refractivity contribution is 0.0926. The number of nitrogen functional groups attached to an aromatic ring is 1. The number of nitrogens with zero attached hydrogens (tertiary/aromatic N) is 2. The molecule has 1 heterocycles. The molecule has 1 aliphatic heterocycles. The van der Waals surface area contributed by atoms with Gasteiger partial charge in [-0.25, -0.2) is 0 Å². The van der Waals surface area contributed by atoms with Crippen molar-refractivity contribution in [3.8, 4) is 0 Å². The van der Waals surface area contributed by atoms with Crippen molar-refractivity contribution in [2.24, 2.45) is 0 Å². The summed E-state index contributed by atoms with van der Waals surface area (Å²) in [7, 11) is 0. The van der Waals surface area contributed by atoms with Crippen LogP contribution in [-0.4, -0.2) is 43.4 Å². The van der Waals surface area contributed by atoms with Crippen LogP contribution in [-0.2, 0) is 0 Å². The molecule has 0 aromatic heterocycles. The van der Waals surface area contributed by atoms with Crippen molar-refractivity contribution < 1.29 is 4.79 Å². The quantitative estimate of drug-likeness (QED) is 0.692. The van der Waals surface area contributed by atoms with Gasteiger partial charge < -0.3 is 10.6 Å². The number of carbonyl (C=O) groups excluding carboxylic acids is 1. The molecular formula is C18H20ClN3O. The highest BCUT2D eigenvalue weighted by Gasteiger charge is 2.20. The maximum atomic E-state index is 12.3. The molecule has 23 heavy (non-hydrogen) atoms. The number of anilines is 2. The fourth-order valence-electron chi connectivity index (χ4n) is 2.84. The zero-order valence-corrected chi connectivity index (χ0v) is 13.7. The van der Waals surface area contributed by atoms with Gasteiger partial charge in [0, 0.05) is 48.1 Å². The Morgan fingerprint density at radius 2 is 1.78 bits per heavy atom. The summed E-state index contributed by atoms with van der Waals surface area (Å²) in [6, 6.07) is 15.1. The number of ketones is 1. The van der Waals surface area contributed by atoms with Crippen LogP contribution in [0.1, 0.15) is 10.4 Å². The maximum Gasteiger partial charge on any atom is 0.176 e. The van der Waals surface area contributed by atoms with Gasteiger partial charge in [-0.15, -0.1) is 0 Å². The Kier molecular flexibility index (Phi) is 4.84. The summed E-state index contributed by atoms with van der Waals surface area (Å²) in [6.45, 7) is 3.95. The van der Waals surface area contributed by atoms with E-state index in [1.807, 2.05) is 30.3 Å². The van der Waals surface area contributed by atoms with Gasteiger partial charge in [-0.05, 0) is 30.3 Å². The van der Waals surface area contributed by atoms with Gasteiger partial charge in [0.15, 0.2) is 5.78 Å². The normalized spacial score (nSPS) is 15.6. The van der Waals surface area contributed by atoms with Crippen molar-refractivity contribution in [1.29, 1.82) is 0 Å². The molecule has 4 nitrogen and oxygen atoms in total. The van der Waals surface area contributed by atoms with E-state index >= 15 is 0 Å². The van der Waals surface area contributed by atoms with E-state index < -0.39 is 0 Å². The highest BCUT2D eigenvalue weighted by molar-refractivity contribution is 6.30. The van der Waals surface area contributed by atoms with Crippen LogP contribution >= 0.6 is 11.6 Å². The lowest BCUT2D eigenvalue weighted by atomic mass is 10.1. The molecule has 0 aliphatic carbocycles. The van der Waals surface area contributed by atoms with Crippen LogP contribution in [0.15, 0.2) is 48.5 Å². The summed E-state index contributed by atoms with van der Waals surface area (Å²) in [5, 5.41) is 0.752. The fourth-order valence-corrected chi connectivity index (χ4v) is 3.03. The summed E-state index contributed by atoms with van der Waals surface area (Å²) in [6.07, 6.45) is 0. The molecular weight excluding hydrogens is 310 g/mol. The third-order valence-corrected chi connectivity index (χ3v) is 4.36. The van der Waals surface area contributed by atoms with Crippen molar-refractivity contribution in [3.05, 3.63) is 59.1 Å². The number of benzene rings is 2. The molecule has 2 aromatic carbocycles. The van der Waals surface area contributed by atoms with Crippen molar-refractivity contribution in [2.75, 3.05) is 43.4 Å². The highest BCUT2D eigenvalue weighted by atomic mass is 35.5.